The topological polar surface area (TPSA) is 99.6 Å². The van der Waals surface area contributed by atoms with Crippen LogP contribution < -0.4 is 11.0 Å². The maximum absolute atomic E-state index is 12.8. The van der Waals surface area contributed by atoms with Gasteiger partial charge in [-0.25, -0.2) is 14.5 Å². The summed E-state index contributed by atoms with van der Waals surface area (Å²) in [6.45, 7) is 0.939. The molecule has 1 aliphatic rings. The monoisotopic (exact) mass is 417 g/mol. The number of benzene rings is 1. The largest absolute Gasteiger partial charge is 0.349 e. The Labute approximate surface area is 178 Å². The molecule has 0 saturated carbocycles. The SMILES string of the molecule is Cn1cnc2cc(C(=O)NC3CCc4nn(Cc5cccnc5)c(=O)n4CC3)ccc21. The van der Waals surface area contributed by atoms with Crippen LogP contribution >= 0.6 is 0 Å². The number of aromatic nitrogens is 6. The second kappa shape index (κ2) is 7.82. The van der Waals surface area contributed by atoms with Crippen LogP contribution in [0.3, 0.4) is 0 Å². The van der Waals surface area contributed by atoms with Crippen molar-refractivity contribution in [1.82, 2.24) is 34.2 Å². The smallest absolute Gasteiger partial charge is 0.346 e. The third-order valence-corrected chi connectivity index (χ3v) is 5.79. The zero-order valence-electron chi connectivity index (χ0n) is 17.2. The normalized spacial score (nSPS) is 16.1. The van der Waals surface area contributed by atoms with E-state index in [0.29, 0.717) is 31.5 Å². The molecule has 9 nitrogen and oxygen atoms in total. The van der Waals surface area contributed by atoms with Gasteiger partial charge in [-0.1, -0.05) is 6.07 Å². The van der Waals surface area contributed by atoms with Crippen LogP contribution in [0.2, 0.25) is 0 Å². The van der Waals surface area contributed by atoms with Crippen molar-refractivity contribution in [2.75, 3.05) is 0 Å². The summed E-state index contributed by atoms with van der Waals surface area (Å²) in [4.78, 5) is 34.0. The third kappa shape index (κ3) is 3.74. The summed E-state index contributed by atoms with van der Waals surface area (Å²) >= 11 is 0. The predicted octanol–water partition coefficient (Wildman–Crippen LogP) is 1.51. The van der Waals surface area contributed by atoms with Gasteiger partial charge < -0.3 is 9.88 Å². The maximum atomic E-state index is 12.8. The minimum absolute atomic E-state index is 0.0141. The van der Waals surface area contributed by atoms with E-state index in [1.807, 2.05) is 41.9 Å². The molecule has 31 heavy (non-hydrogen) atoms. The van der Waals surface area contributed by atoms with Crippen molar-refractivity contribution in [3.63, 3.8) is 0 Å². The number of rotatable bonds is 4. The molecule has 1 N–H and O–H groups in total. The second-order valence-corrected chi connectivity index (χ2v) is 7.93. The van der Waals surface area contributed by atoms with Gasteiger partial charge in [0.2, 0.25) is 0 Å². The lowest BCUT2D eigenvalue weighted by Crippen LogP contribution is -2.35. The van der Waals surface area contributed by atoms with Crippen LogP contribution in [-0.2, 0) is 26.6 Å². The number of nitrogens with one attached hydrogen (secondary N) is 1. The molecule has 0 bridgehead atoms. The van der Waals surface area contributed by atoms with Gasteiger partial charge in [-0.3, -0.25) is 14.3 Å². The molecule has 3 aromatic heterocycles. The number of imidazole rings is 1. The highest BCUT2D eigenvalue weighted by atomic mass is 16.2. The van der Waals surface area contributed by atoms with E-state index in [2.05, 4.69) is 20.4 Å². The number of hydrogen-bond acceptors (Lipinski definition) is 5. The standard InChI is InChI=1S/C22H23N7O2/c1-27-14-24-18-11-16(4-6-19(18)27)21(30)25-17-5-7-20-26-29(22(31)28(20)10-8-17)13-15-3-2-9-23-12-15/h2-4,6,9,11-12,14,17H,5,7-8,10,13H2,1H3,(H,25,30). The quantitative estimate of drug-likeness (QED) is 0.543. The average molecular weight is 417 g/mol. The number of pyridine rings is 1. The van der Waals surface area contributed by atoms with Crippen molar-refractivity contribution in [3.8, 4) is 0 Å². The molecule has 4 aromatic rings. The summed E-state index contributed by atoms with van der Waals surface area (Å²) in [5.74, 6) is 0.645. The van der Waals surface area contributed by atoms with Gasteiger partial charge >= 0.3 is 5.69 Å². The van der Waals surface area contributed by atoms with E-state index in [1.54, 1.807) is 23.3 Å². The van der Waals surface area contributed by atoms with Crippen LogP contribution in [0.4, 0.5) is 0 Å². The van der Waals surface area contributed by atoms with E-state index in [-0.39, 0.29) is 17.6 Å². The van der Waals surface area contributed by atoms with Gasteiger partial charge in [-0.05, 0) is 42.7 Å². The number of carbonyl (C=O) groups is 1. The zero-order chi connectivity index (χ0) is 21.4. The lowest BCUT2D eigenvalue weighted by atomic mass is 10.1. The summed E-state index contributed by atoms with van der Waals surface area (Å²) in [6.07, 6.45) is 7.24. The summed E-state index contributed by atoms with van der Waals surface area (Å²) in [5.41, 5.74) is 3.19. The summed E-state index contributed by atoms with van der Waals surface area (Å²) < 4.78 is 5.14. The summed E-state index contributed by atoms with van der Waals surface area (Å²) in [6, 6.07) is 9.30. The molecule has 0 saturated heterocycles. The van der Waals surface area contributed by atoms with Crippen molar-refractivity contribution >= 4 is 16.9 Å². The van der Waals surface area contributed by atoms with Crippen molar-refractivity contribution in [2.24, 2.45) is 7.05 Å². The van der Waals surface area contributed by atoms with Crippen molar-refractivity contribution in [3.05, 3.63) is 76.5 Å². The highest BCUT2D eigenvalue weighted by Crippen LogP contribution is 2.16. The van der Waals surface area contributed by atoms with Crippen LogP contribution in [-0.4, -0.2) is 40.8 Å². The second-order valence-electron chi connectivity index (χ2n) is 7.93. The molecule has 0 spiro atoms. The fourth-order valence-electron chi connectivity index (χ4n) is 4.09. The number of nitrogens with zero attached hydrogens (tertiary/aromatic N) is 6. The first-order chi connectivity index (χ1) is 15.1. The summed E-state index contributed by atoms with van der Waals surface area (Å²) in [5, 5.41) is 7.64. The van der Waals surface area contributed by atoms with Crippen LogP contribution in [0.25, 0.3) is 11.0 Å². The van der Waals surface area contributed by atoms with E-state index < -0.39 is 0 Å². The molecule has 0 fully saturated rings. The molecule has 9 heteroatoms. The Kier molecular flexibility index (Phi) is 4.85. The fourth-order valence-corrected chi connectivity index (χ4v) is 4.09. The Bertz CT molecular complexity index is 1300. The van der Waals surface area contributed by atoms with Gasteiger partial charge in [-0.15, -0.1) is 0 Å². The maximum Gasteiger partial charge on any atom is 0.346 e. The van der Waals surface area contributed by atoms with Gasteiger partial charge in [0.1, 0.15) is 5.82 Å². The molecular formula is C22H23N7O2. The molecule has 4 heterocycles. The Morgan fingerprint density at radius 3 is 3.00 bits per heavy atom. The predicted molar refractivity (Wildman–Crippen MR) is 115 cm³/mol. The average Bonchev–Trinajstić information content (AvgIpc) is 3.22. The molecule has 0 radical (unpaired) electrons. The Hall–Kier alpha value is -3.75. The van der Waals surface area contributed by atoms with Crippen molar-refractivity contribution < 1.29 is 4.79 Å². The molecule has 1 aliphatic heterocycles. The minimum Gasteiger partial charge on any atom is -0.349 e. The lowest BCUT2D eigenvalue weighted by molar-refractivity contribution is 0.0933. The Morgan fingerprint density at radius 1 is 1.26 bits per heavy atom. The van der Waals surface area contributed by atoms with Crippen LogP contribution in [0.1, 0.15) is 34.6 Å². The molecule has 5 rings (SSSR count). The van der Waals surface area contributed by atoms with E-state index in [4.69, 9.17) is 0 Å². The molecule has 1 unspecified atom stereocenters. The molecule has 1 amide bonds. The number of carbonyl (C=O) groups excluding carboxylic acids is 1. The minimum atomic E-state index is -0.119. The first-order valence-corrected chi connectivity index (χ1v) is 10.4. The lowest BCUT2D eigenvalue weighted by Gasteiger charge is -2.16. The van der Waals surface area contributed by atoms with E-state index in [1.165, 1.54) is 4.68 Å². The molecule has 1 aromatic carbocycles. The van der Waals surface area contributed by atoms with Crippen LogP contribution in [0.5, 0.6) is 0 Å². The van der Waals surface area contributed by atoms with Gasteiger partial charge in [0.25, 0.3) is 5.91 Å². The highest BCUT2D eigenvalue weighted by Gasteiger charge is 2.22. The molecular weight excluding hydrogens is 394 g/mol. The summed E-state index contributed by atoms with van der Waals surface area (Å²) in [7, 11) is 1.93. The van der Waals surface area contributed by atoms with Gasteiger partial charge in [0.15, 0.2) is 0 Å². The van der Waals surface area contributed by atoms with Crippen LogP contribution in [0, 0.1) is 0 Å². The Morgan fingerprint density at radius 2 is 2.16 bits per heavy atom. The highest BCUT2D eigenvalue weighted by molar-refractivity contribution is 5.97. The number of aryl methyl sites for hydroxylation is 2. The van der Waals surface area contributed by atoms with E-state index in [9.17, 15) is 9.59 Å². The first-order valence-electron chi connectivity index (χ1n) is 10.4. The first kappa shape index (κ1) is 19.2. The number of hydrogen-bond donors (Lipinski definition) is 1. The zero-order valence-corrected chi connectivity index (χ0v) is 17.2. The fraction of sp³-hybridized carbons (Fsp3) is 0.318. The van der Waals surface area contributed by atoms with Gasteiger partial charge in [0, 0.05) is 44.0 Å². The van der Waals surface area contributed by atoms with E-state index >= 15 is 0 Å². The van der Waals surface area contributed by atoms with Gasteiger partial charge in [-0.2, -0.15) is 5.10 Å². The number of fused-ring (bicyclic) bond motifs is 2. The van der Waals surface area contributed by atoms with Crippen molar-refractivity contribution in [2.45, 2.75) is 38.4 Å². The van der Waals surface area contributed by atoms with Crippen molar-refractivity contribution in [1.29, 1.82) is 0 Å². The molecule has 1 atom stereocenters. The van der Waals surface area contributed by atoms with Crippen LogP contribution in [0.15, 0.2) is 53.8 Å². The van der Waals surface area contributed by atoms with E-state index in [0.717, 1.165) is 28.8 Å². The third-order valence-electron chi connectivity index (χ3n) is 5.79. The van der Waals surface area contributed by atoms with Gasteiger partial charge in [0.05, 0.1) is 23.9 Å². The Balaban J connectivity index is 1.26. The number of amides is 1. The molecule has 0 aliphatic carbocycles. The molecule has 158 valence electrons.